The minimum Gasteiger partial charge on any atom is -0.354 e. The zero-order chi connectivity index (χ0) is 25.0. The highest BCUT2D eigenvalue weighted by Crippen LogP contribution is 2.59. The van der Waals surface area contributed by atoms with Gasteiger partial charge in [0.2, 0.25) is 5.91 Å². The Balaban J connectivity index is 1.42. The van der Waals surface area contributed by atoms with Crippen LogP contribution in [0, 0.1) is 29.0 Å². The van der Waals surface area contributed by atoms with E-state index in [2.05, 4.69) is 5.32 Å². The van der Waals surface area contributed by atoms with Crippen LogP contribution < -0.4 is 9.62 Å². The van der Waals surface area contributed by atoms with Crippen molar-refractivity contribution in [2.24, 2.45) is 23.2 Å². The molecule has 4 aliphatic rings. The molecule has 0 heterocycles. The number of carbonyl (C=O) groups is 1. The molecule has 4 aliphatic carbocycles. The Bertz CT molecular complexity index is 1200. The SMILES string of the molecule is C[C@H](C(=O)NCC12CC3CC(CC(C3)C1)C2)N(c1cc(Cl)ccc1F)S(=O)(=O)c1ccc(Cl)cc1. The maximum Gasteiger partial charge on any atom is 0.265 e. The zero-order valence-electron chi connectivity index (χ0n) is 19.5. The number of nitrogens with one attached hydrogen (secondary N) is 1. The molecule has 0 saturated heterocycles. The van der Waals surface area contributed by atoms with Gasteiger partial charge in [0, 0.05) is 16.6 Å². The summed E-state index contributed by atoms with van der Waals surface area (Å²) in [5, 5.41) is 3.57. The van der Waals surface area contributed by atoms with Crippen molar-refractivity contribution in [3.8, 4) is 0 Å². The first-order valence-corrected chi connectivity index (χ1v) is 14.3. The number of anilines is 1. The van der Waals surface area contributed by atoms with Gasteiger partial charge in [-0.3, -0.25) is 9.10 Å². The second-order valence-electron chi connectivity index (χ2n) is 10.7. The highest BCUT2D eigenvalue weighted by atomic mass is 35.5. The molecule has 9 heteroatoms. The molecule has 1 atom stereocenters. The van der Waals surface area contributed by atoms with Crippen LogP contribution in [0.15, 0.2) is 47.4 Å². The van der Waals surface area contributed by atoms with Gasteiger partial charge in [-0.2, -0.15) is 0 Å². The minimum absolute atomic E-state index is 0.0886. The number of halogens is 3. The number of sulfonamides is 1. The van der Waals surface area contributed by atoms with Crippen molar-refractivity contribution in [3.05, 3.63) is 58.3 Å². The quantitative estimate of drug-likeness (QED) is 0.466. The molecule has 2 aromatic rings. The average molecular weight is 540 g/mol. The van der Waals surface area contributed by atoms with Gasteiger partial charge in [0.25, 0.3) is 10.0 Å². The summed E-state index contributed by atoms with van der Waals surface area (Å²) >= 11 is 12.0. The van der Waals surface area contributed by atoms with Gasteiger partial charge in [0.15, 0.2) is 0 Å². The van der Waals surface area contributed by atoms with E-state index in [0.717, 1.165) is 47.4 Å². The third-order valence-electron chi connectivity index (χ3n) is 8.05. The number of rotatable bonds is 7. The molecule has 188 valence electrons. The Kier molecular flexibility index (Phi) is 6.56. The molecule has 5 nitrogen and oxygen atoms in total. The molecule has 0 radical (unpaired) electrons. The molecule has 4 saturated carbocycles. The van der Waals surface area contributed by atoms with Gasteiger partial charge in [-0.25, -0.2) is 12.8 Å². The summed E-state index contributed by atoms with van der Waals surface area (Å²) in [6, 6.07) is 8.04. The first kappa shape index (κ1) is 24.8. The molecule has 1 N–H and O–H groups in total. The molecule has 6 rings (SSSR count). The molecular formula is C26H29Cl2FN2O3S. The zero-order valence-corrected chi connectivity index (χ0v) is 21.8. The highest BCUT2D eigenvalue weighted by molar-refractivity contribution is 7.93. The van der Waals surface area contributed by atoms with Crippen LogP contribution in [0.4, 0.5) is 10.1 Å². The first-order valence-electron chi connectivity index (χ1n) is 12.1. The third-order valence-corrected chi connectivity index (χ3v) is 10.4. The van der Waals surface area contributed by atoms with Crippen LogP contribution >= 0.6 is 23.2 Å². The summed E-state index contributed by atoms with van der Waals surface area (Å²) in [5.41, 5.74) is -0.185. The molecule has 0 aliphatic heterocycles. The van der Waals surface area contributed by atoms with Gasteiger partial charge in [-0.05, 0) is 111 Å². The Morgan fingerprint density at radius 1 is 1.03 bits per heavy atom. The summed E-state index contributed by atoms with van der Waals surface area (Å²) in [4.78, 5) is 13.3. The predicted molar refractivity (Wildman–Crippen MR) is 136 cm³/mol. The van der Waals surface area contributed by atoms with Crippen molar-refractivity contribution in [2.75, 3.05) is 10.8 Å². The monoisotopic (exact) mass is 538 g/mol. The fourth-order valence-corrected chi connectivity index (χ4v) is 8.87. The van der Waals surface area contributed by atoms with E-state index in [-0.39, 0.29) is 21.0 Å². The average Bonchev–Trinajstić information content (AvgIpc) is 2.79. The van der Waals surface area contributed by atoms with E-state index in [9.17, 15) is 17.6 Å². The number of hydrogen-bond acceptors (Lipinski definition) is 3. The van der Waals surface area contributed by atoms with Gasteiger partial charge in [0.05, 0.1) is 10.6 Å². The molecule has 2 aromatic carbocycles. The summed E-state index contributed by atoms with van der Waals surface area (Å²) in [7, 11) is -4.30. The van der Waals surface area contributed by atoms with E-state index in [1.807, 2.05) is 0 Å². The largest absolute Gasteiger partial charge is 0.354 e. The molecule has 0 spiro atoms. The smallest absolute Gasteiger partial charge is 0.265 e. The molecule has 0 unspecified atom stereocenters. The van der Waals surface area contributed by atoms with Gasteiger partial charge in [0.1, 0.15) is 11.9 Å². The number of benzene rings is 2. The molecule has 0 aromatic heterocycles. The van der Waals surface area contributed by atoms with Crippen LogP contribution in [0.2, 0.25) is 10.0 Å². The van der Waals surface area contributed by atoms with Crippen LogP contribution in [-0.2, 0) is 14.8 Å². The van der Waals surface area contributed by atoms with Crippen LogP contribution in [0.5, 0.6) is 0 Å². The second kappa shape index (κ2) is 9.24. The lowest BCUT2D eigenvalue weighted by Gasteiger charge is -2.57. The van der Waals surface area contributed by atoms with Crippen LogP contribution in [0.1, 0.15) is 45.4 Å². The number of carbonyl (C=O) groups excluding carboxylic acids is 1. The van der Waals surface area contributed by atoms with Crippen LogP contribution in [-0.4, -0.2) is 26.9 Å². The highest BCUT2D eigenvalue weighted by Gasteiger charge is 2.51. The Labute approximate surface area is 216 Å². The van der Waals surface area contributed by atoms with Crippen molar-refractivity contribution in [1.29, 1.82) is 0 Å². The van der Waals surface area contributed by atoms with Crippen molar-refractivity contribution >= 4 is 44.8 Å². The van der Waals surface area contributed by atoms with Crippen molar-refractivity contribution in [3.63, 3.8) is 0 Å². The Hall–Kier alpha value is -1.83. The standard InChI is InChI=1S/C26H29Cl2FN2O3S/c1-16(25(32)30-15-26-12-17-8-18(13-26)10-19(9-17)14-26)31(24-11-21(28)4-7-23(24)29)35(33,34)22-5-2-20(27)3-6-22/h2-7,11,16-19H,8-10,12-15H2,1H3,(H,30,32)/t16-,17?,18?,19?,26?/m1/s1. The summed E-state index contributed by atoms with van der Waals surface area (Å²) in [6.45, 7) is 2.00. The summed E-state index contributed by atoms with van der Waals surface area (Å²) < 4.78 is 43.1. The van der Waals surface area contributed by atoms with Gasteiger partial charge < -0.3 is 5.32 Å². The van der Waals surface area contributed by atoms with Crippen molar-refractivity contribution < 1.29 is 17.6 Å². The number of amides is 1. The molecule has 4 bridgehead atoms. The topological polar surface area (TPSA) is 66.5 Å². The van der Waals surface area contributed by atoms with Crippen molar-refractivity contribution in [1.82, 2.24) is 5.32 Å². The van der Waals surface area contributed by atoms with E-state index in [1.165, 1.54) is 62.6 Å². The third kappa shape index (κ3) is 4.79. The van der Waals surface area contributed by atoms with Crippen molar-refractivity contribution in [2.45, 2.75) is 56.4 Å². The fraction of sp³-hybridized carbons (Fsp3) is 0.500. The second-order valence-corrected chi connectivity index (χ2v) is 13.3. The Morgan fingerprint density at radius 2 is 1.57 bits per heavy atom. The predicted octanol–water partition coefficient (Wildman–Crippen LogP) is 6.05. The van der Waals surface area contributed by atoms with E-state index in [1.54, 1.807) is 0 Å². The van der Waals surface area contributed by atoms with Gasteiger partial charge >= 0.3 is 0 Å². The number of nitrogens with zero attached hydrogens (tertiary/aromatic N) is 1. The normalized spacial score (nSPS) is 28.1. The fourth-order valence-electron chi connectivity index (χ4n) is 6.96. The molecule has 4 fully saturated rings. The molecule has 1 amide bonds. The van der Waals surface area contributed by atoms with Gasteiger partial charge in [-0.15, -0.1) is 0 Å². The first-order chi connectivity index (χ1) is 16.6. The number of hydrogen-bond donors (Lipinski definition) is 1. The van der Waals surface area contributed by atoms with Gasteiger partial charge in [-0.1, -0.05) is 23.2 Å². The minimum atomic E-state index is -4.30. The van der Waals surface area contributed by atoms with E-state index in [0.29, 0.717) is 11.6 Å². The van der Waals surface area contributed by atoms with Crippen LogP contribution in [0.25, 0.3) is 0 Å². The lowest BCUT2D eigenvalue weighted by molar-refractivity contribution is -0.124. The van der Waals surface area contributed by atoms with E-state index < -0.39 is 27.8 Å². The summed E-state index contributed by atoms with van der Waals surface area (Å²) in [6.07, 6.45) is 7.23. The molecular weight excluding hydrogens is 510 g/mol. The Morgan fingerprint density at radius 3 is 2.14 bits per heavy atom. The maximum absolute atomic E-state index is 14.9. The maximum atomic E-state index is 14.9. The van der Waals surface area contributed by atoms with E-state index >= 15 is 0 Å². The summed E-state index contributed by atoms with van der Waals surface area (Å²) in [5.74, 6) is 0.957. The lowest BCUT2D eigenvalue weighted by atomic mass is 9.49. The molecule has 35 heavy (non-hydrogen) atoms. The van der Waals surface area contributed by atoms with Crippen LogP contribution in [0.3, 0.4) is 0 Å². The lowest BCUT2D eigenvalue weighted by Crippen LogP contribution is -2.54. The van der Waals surface area contributed by atoms with E-state index in [4.69, 9.17) is 23.2 Å².